The number of rotatable bonds is 11. The zero-order chi connectivity index (χ0) is 32.0. The van der Waals surface area contributed by atoms with Crippen LogP contribution in [0.25, 0.3) is 0 Å². The lowest BCUT2D eigenvalue weighted by molar-refractivity contribution is -0.277. The first-order valence-corrected chi connectivity index (χ1v) is 15.8. The summed E-state index contributed by atoms with van der Waals surface area (Å²) in [7, 11) is 0. The maximum Gasteiger partial charge on any atom is 0.303 e. The van der Waals surface area contributed by atoms with Gasteiger partial charge in [0.2, 0.25) is 5.91 Å². The molecule has 0 aromatic heterocycles. The van der Waals surface area contributed by atoms with E-state index in [2.05, 4.69) is 17.1 Å². The van der Waals surface area contributed by atoms with Crippen LogP contribution in [0.1, 0.15) is 73.7 Å². The van der Waals surface area contributed by atoms with Crippen LogP contribution in [0.15, 0.2) is 72.8 Å². The van der Waals surface area contributed by atoms with Gasteiger partial charge in [0.15, 0.2) is 6.29 Å². The number of ether oxygens (including phenoxy) is 2. The summed E-state index contributed by atoms with van der Waals surface area (Å²) < 4.78 is 13.2. The Morgan fingerprint density at radius 1 is 0.933 bits per heavy atom. The molecule has 3 aromatic carbocycles. The molecule has 0 radical (unpaired) electrons. The molecule has 0 saturated carbocycles. The van der Waals surface area contributed by atoms with Crippen LogP contribution >= 0.6 is 11.6 Å². The molecule has 4 atom stereocenters. The summed E-state index contributed by atoms with van der Waals surface area (Å²) in [6.07, 6.45) is 0.494. The number of benzene rings is 3. The van der Waals surface area contributed by atoms with E-state index in [9.17, 15) is 19.8 Å². The zero-order valence-electron chi connectivity index (χ0n) is 25.4. The van der Waals surface area contributed by atoms with Crippen LogP contribution in [0, 0.1) is 5.92 Å². The monoisotopic (exact) mass is 636 g/mol. The summed E-state index contributed by atoms with van der Waals surface area (Å²) in [5.74, 6) is -1.14. The third kappa shape index (κ3) is 8.49. The van der Waals surface area contributed by atoms with Crippen LogP contribution in [-0.4, -0.2) is 57.8 Å². The first kappa shape index (κ1) is 33.1. The lowest BCUT2D eigenvalue weighted by Crippen LogP contribution is -2.49. The van der Waals surface area contributed by atoms with E-state index in [0.717, 1.165) is 22.3 Å². The number of carboxylic acids is 1. The minimum Gasteiger partial charge on any atom is -0.481 e. The minimum atomic E-state index is -0.922. The number of anilines is 1. The Bertz CT molecular complexity index is 1420. The van der Waals surface area contributed by atoms with Crippen LogP contribution < -0.4 is 5.32 Å². The Morgan fingerprint density at radius 2 is 1.58 bits per heavy atom. The summed E-state index contributed by atoms with van der Waals surface area (Å²) in [5, 5.41) is 33.2. The Labute approximate surface area is 268 Å². The van der Waals surface area contributed by atoms with Crippen LogP contribution in [0.4, 0.5) is 5.69 Å². The fraction of sp³-hybridized carbons (Fsp3) is 0.429. The van der Waals surface area contributed by atoms with Gasteiger partial charge in [0.1, 0.15) is 0 Å². The summed E-state index contributed by atoms with van der Waals surface area (Å²) in [6, 6.07) is 22.5. The van der Waals surface area contributed by atoms with Crippen LogP contribution in [0.5, 0.6) is 0 Å². The maximum absolute atomic E-state index is 12.2. The molecule has 240 valence electrons. The number of hydrogen-bond donors (Lipinski definition) is 4. The molecule has 5 rings (SSSR count). The number of aliphatic carboxylic acids is 1. The molecular weight excluding hydrogens is 596 g/mol. The van der Waals surface area contributed by atoms with Crippen molar-refractivity contribution in [2.24, 2.45) is 5.92 Å². The topological polar surface area (TPSA) is 129 Å². The number of carbonyl (C=O) groups excluding carboxylic acids is 1. The number of hydrogen-bond acceptors (Lipinski definition) is 7. The highest BCUT2D eigenvalue weighted by atomic mass is 35.5. The van der Waals surface area contributed by atoms with E-state index in [1.807, 2.05) is 60.7 Å². The van der Waals surface area contributed by atoms with E-state index in [4.69, 9.17) is 26.2 Å². The standard InChI is InChI=1S/C35H41ClN2O7/c1-23-30(21-38-19-17-35(43,18-20-38)27-11-13-28(36)14-12-27)44-34(45-33(23)25-7-5-24(22-39)6-8-25)26-9-15-29(16-10-26)37-31(40)3-2-4-32(41)42/h5-16,23,30,33-34,39,43H,2-4,17-22H2,1H3,(H,37,40)(H,41,42)/t23-,30+,33+,34+/m1/s1. The first-order chi connectivity index (χ1) is 21.6. The molecule has 3 aromatic rings. The third-order valence-electron chi connectivity index (χ3n) is 8.89. The van der Waals surface area contributed by atoms with E-state index in [0.29, 0.717) is 43.2 Å². The quantitative estimate of drug-likeness (QED) is 0.208. The second-order valence-electron chi connectivity index (χ2n) is 12.1. The first-order valence-electron chi connectivity index (χ1n) is 15.5. The van der Waals surface area contributed by atoms with Gasteiger partial charge in [-0.1, -0.05) is 67.1 Å². The molecule has 1 amide bonds. The van der Waals surface area contributed by atoms with Gasteiger partial charge in [-0.3, -0.25) is 9.59 Å². The van der Waals surface area contributed by atoms with Crippen molar-refractivity contribution < 1.29 is 34.4 Å². The van der Waals surface area contributed by atoms with Crippen molar-refractivity contribution in [3.63, 3.8) is 0 Å². The van der Waals surface area contributed by atoms with Crippen molar-refractivity contribution in [3.8, 4) is 0 Å². The van der Waals surface area contributed by atoms with Gasteiger partial charge < -0.3 is 35.0 Å². The molecule has 2 aliphatic heterocycles. The van der Waals surface area contributed by atoms with Crippen molar-refractivity contribution in [1.82, 2.24) is 4.90 Å². The Hall–Kier alpha value is -3.31. The number of piperidine rings is 1. The summed E-state index contributed by atoms with van der Waals surface area (Å²) in [5.41, 5.74) is 3.23. The van der Waals surface area contributed by atoms with E-state index in [-0.39, 0.29) is 49.9 Å². The number of amides is 1. The summed E-state index contributed by atoms with van der Waals surface area (Å²) in [4.78, 5) is 25.3. The van der Waals surface area contributed by atoms with Gasteiger partial charge in [0, 0.05) is 54.7 Å². The van der Waals surface area contributed by atoms with Crippen molar-refractivity contribution in [2.75, 3.05) is 25.0 Å². The normalized spacial score (nSPS) is 23.4. The number of likely N-dealkylation sites (tertiary alicyclic amines) is 1. The fourth-order valence-corrected chi connectivity index (χ4v) is 6.21. The van der Waals surface area contributed by atoms with Crippen LogP contribution in [0.2, 0.25) is 5.02 Å². The highest BCUT2D eigenvalue weighted by Crippen LogP contribution is 2.43. The molecule has 0 aliphatic carbocycles. The molecule has 10 heteroatoms. The van der Waals surface area contributed by atoms with E-state index >= 15 is 0 Å². The molecule has 45 heavy (non-hydrogen) atoms. The molecule has 0 spiro atoms. The number of carboxylic acid groups (broad SMARTS) is 1. The lowest BCUT2D eigenvalue weighted by Gasteiger charge is -2.45. The number of halogens is 1. The molecule has 2 fully saturated rings. The molecular formula is C35H41ClN2O7. The maximum atomic E-state index is 12.2. The Balaban J connectivity index is 1.28. The molecule has 0 bridgehead atoms. The van der Waals surface area contributed by atoms with Crippen molar-refractivity contribution in [1.29, 1.82) is 0 Å². The largest absolute Gasteiger partial charge is 0.481 e. The zero-order valence-corrected chi connectivity index (χ0v) is 26.2. The Morgan fingerprint density at radius 3 is 2.20 bits per heavy atom. The van der Waals surface area contributed by atoms with Crippen molar-refractivity contribution in [2.45, 2.75) is 69.7 Å². The average molecular weight is 637 g/mol. The Kier molecular flexibility index (Phi) is 10.9. The molecule has 2 heterocycles. The van der Waals surface area contributed by atoms with Gasteiger partial charge in [-0.25, -0.2) is 0 Å². The molecule has 2 aliphatic rings. The van der Waals surface area contributed by atoms with Gasteiger partial charge in [-0.05, 0) is 60.2 Å². The molecule has 2 saturated heterocycles. The predicted molar refractivity (Wildman–Crippen MR) is 171 cm³/mol. The predicted octanol–water partition coefficient (Wildman–Crippen LogP) is 5.80. The van der Waals surface area contributed by atoms with Crippen LogP contribution in [-0.2, 0) is 31.3 Å². The number of aliphatic hydroxyl groups is 2. The number of carbonyl (C=O) groups is 2. The third-order valence-corrected chi connectivity index (χ3v) is 9.14. The van der Waals surface area contributed by atoms with E-state index in [1.165, 1.54) is 0 Å². The molecule has 9 nitrogen and oxygen atoms in total. The number of nitrogens with one attached hydrogen (secondary N) is 1. The summed E-state index contributed by atoms with van der Waals surface area (Å²) >= 11 is 6.06. The average Bonchev–Trinajstić information content (AvgIpc) is 3.04. The highest BCUT2D eigenvalue weighted by molar-refractivity contribution is 6.30. The highest BCUT2D eigenvalue weighted by Gasteiger charge is 2.41. The fourth-order valence-electron chi connectivity index (χ4n) is 6.08. The van der Waals surface area contributed by atoms with Gasteiger partial charge in [0.05, 0.1) is 24.4 Å². The second-order valence-corrected chi connectivity index (χ2v) is 12.5. The number of aliphatic hydroxyl groups excluding tert-OH is 1. The van der Waals surface area contributed by atoms with Gasteiger partial charge in [-0.15, -0.1) is 0 Å². The SMILES string of the molecule is C[C@@H]1[C@H](CN2CCC(O)(c3ccc(Cl)cc3)CC2)O[C@H](c2ccc(NC(=O)CCCC(=O)O)cc2)O[C@@H]1c1ccc(CO)cc1. The summed E-state index contributed by atoms with van der Waals surface area (Å²) in [6.45, 7) is 4.20. The van der Waals surface area contributed by atoms with E-state index in [1.54, 1.807) is 12.1 Å². The smallest absolute Gasteiger partial charge is 0.303 e. The van der Waals surface area contributed by atoms with E-state index < -0.39 is 17.9 Å². The van der Waals surface area contributed by atoms with Gasteiger partial charge in [-0.2, -0.15) is 0 Å². The second kappa shape index (κ2) is 14.9. The lowest BCUT2D eigenvalue weighted by atomic mass is 9.84. The van der Waals surface area contributed by atoms with Crippen LogP contribution in [0.3, 0.4) is 0 Å². The minimum absolute atomic E-state index is 0.0164. The van der Waals surface area contributed by atoms with Crippen molar-refractivity contribution >= 4 is 29.2 Å². The van der Waals surface area contributed by atoms with Gasteiger partial charge in [0.25, 0.3) is 0 Å². The van der Waals surface area contributed by atoms with Crippen molar-refractivity contribution in [3.05, 3.63) is 100 Å². The molecule has 4 N–H and O–H groups in total. The number of nitrogens with zero attached hydrogens (tertiary/aromatic N) is 1. The van der Waals surface area contributed by atoms with Gasteiger partial charge >= 0.3 is 5.97 Å². The molecule has 0 unspecified atom stereocenters.